The van der Waals surface area contributed by atoms with Crippen LogP contribution in [-0.4, -0.2) is 6.67 Å². The predicted octanol–water partition coefficient (Wildman–Crippen LogP) is 6.10. The molecule has 0 radical (unpaired) electrons. The van der Waals surface area contributed by atoms with Gasteiger partial charge in [-0.05, 0) is 24.3 Å². The maximum Gasteiger partial charge on any atom is 4.00 e. The predicted molar refractivity (Wildman–Crippen MR) is 126 cm³/mol. The number of rotatable bonds is 4. The molecule has 0 unspecified atom stereocenters. The van der Waals surface area contributed by atoms with Gasteiger partial charge >= 0.3 is 21.1 Å². The molecule has 0 N–H and O–H groups in total. The van der Waals surface area contributed by atoms with Gasteiger partial charge in [-0.3, -0.25) is 0 Å². The van der Waals surface area contributed by atoms with E-state index in [9.17, 15) is 0 Å². The molecule has 0 amide bonds. The fourth-order valence-corrected chi connectivity index (χ4v) is 4.19. The molecule has 32 heavy (non-hydrogen) atoms. The van der Waals surface area contributed by atoms with E-state index in [0.717, 1.165) is 22.7 Å². The summed E-state index contributed by atoms with van der Waals surface area (Å²) in [6.07, 6.45) is 0. The normalized spacial score (nSPS) is 14.2. The van der Waals surface area contributed by atoms with Gasteiger partial charge in [-0.1, -0.05) is 24.3 Å². The first kappa shape index (κ1) is 20.7. The molecule has 0 aliphatic carbocycles. The molecule has 4 aromatic carbocycles. The zero-order chi connectivity index (χ0) is 20.6. The van der Waals surface area contributed by atoms with Crippen molar-refractivity contribution >= 4 is 34.1 Å². The first-order valence-corrected chi connectivity index (χ1v) is 10.3. The molecular weight excluding hydrogens is 575 g/mol. The quantitative estimate of drug-likeness (QED) is 0.265. The number of anilines is 6. The van der Waals surface area contributed by atoms with Crippen LogP contribution in [0.2, 0.25) is 0 Å². The summed E-state index contributed by atoms with van der Waals surface area (Å²) >= 11 is 0. The van der Waals surface area contributed by atoms with Crippen LogP contribution in [0.3, 0.4) is 0 Å². The molecule has 0 saturated carbocycles. The summed E-state index contributed by atoms with van der Waals surface area (Å²) in [4.78, 5) is 8.95. The summed E-state index contributed by atoms with van der Waals surface area (Å²) in [7, 11) is 0. The minimum Gasteiger partial charge on any atom is -0.494 e. The van der Waals surface area contributed by atoms with E-state index in [0.29, 0.717) is 6.67 Å². The number of hydrogen-bond acceptors (Lipinski definition) is 4. The molecule has 2 aliphatic heterocycles. The molecule has 2 heterocycles. The minimum absolute atomic E-state index is 0. The third kappa shape index (κ3) is 3.55. The van der Waals surface area contributed by atoms with E-state index in [1.807, 2.05) is 36.4 Å². The zero-order valence-electron chi connectivity index (χ0n) is 17.2. The summed E-state index contributed by atoms with van der Waals surface area (Å²) in [5, 5.41) is 0. The van der Waals surface area contributed by atoms with Crippen molar-refractivity contribution in [3.05, 3.63) is 123 Å². The van der Waals surface area contributed by atoms with Gasteiger partial charge in [0.1, 0.15) is 0 Å². The third-order valence-electron chi connectivity index (χ3n) is 5.62. The summed E-state index contributed by atoms with van der Waals surface area (Å²) < 4.78 is 0. The summed E-state index contributed by atoms with van der Waals surface area (Å²) in [6, 6.07) is 39.8. The molecule has 0 aromatic heterocycles. The van der Waals surface area contributed by atoms with Gasteiger partial charge in [-0.2, -0.15) is 74.0 Å². The molecule has 4 aromatic rings. The van der Waals surface area contributed by atoms with Crippen molar-refractivity contribution in [3.8, 4) is 0 Å². The van der Waals surface area contributed by atoms with Crippen molar-refractivity contribution < 1.29 is 21.1 Å². The fraction of sp³-hybridized carbons (Fsp3) is 0.0370. The van der Waals surface area contributed by atoms with Crippen molar-refractivity contribution in [2.24, 2.45) is 0 Å². The number of nitrogens with zero attached hydrogens (tertiary/aromatic N) is 4. The molecule has 0 atom stereocenters. The molecule has 5 heteroatoms. The average molecular weight is 596 g/mol. The van der Waals surface area contributed by atoms with E-state index in [1.54, 1.807) is 0 Å². The van der Waals surface area contributed by atoms with Crippen LogP contribution in [0.25, 0.3) is 0 Å². The number of benzene rings is 4. The van der Waals surface area contributed by atoms with Crippen molar-refractivity contribution in [1.82, 2.24) is 0 Å². The van der Waals surface area contributed by atoms with Gasteiger partial charge < -0.3 is 19.6 Å². The number of para-hydroxylation sites is 6. The van der Waals surface area contributed by atoms with Crippen LogP contribution in [0.5, 0.6) is 0 Å². The monoisotopic (exact) mass is 595 g/mol. The Balaban J connectivity index is 0.00000216. The molecule has 0 saturated heterocycles. The van der Waals surface area contributed by atoms with Gasteiger partial charge in [-0.25, -0.2) is 0 Å². The second-order valence-corrected chi connectivity index (χ2v) is 7.52. The zero-order valence-corrected chi connectivity index (χ0v) is 19.5. The Bertz CT molecular complexity index is 1100. The Labute approximate surface area is 203 Å². The summed E-state index contributed by atoms with van der Waals surface area (Å²) in [5.74, 6) is 0. The van der Waals surface area contributed by atoms with Gasteiger partial charge in [0.05, 0.1) is 0 Å². The molecule has 2 aliphatic rings. The van der Waals surface area contributed by atoms with E-state index < -0.39 is 0 Å². The fourth-order valence-electron chi connectivity index (χ4n) is 4.19. The van der Waals surface area contributed by atoms with E-state index in [1.165, 1.54) is 11.4 Å². The molecule has 6 rings (SSSR count). The van der Waals surface area contributed by atoms with Crippen LogP contribution in [-0.2, 0) is 21.1 Å². The maximum atomic E-state index is 3.34. The molecule has 4 nitrogen and oxygen atoms in total. The molecule has 0 spiro atoms. The second-order valence-electron chi connectivity index (χ2n) is 7.52. The molecule has 0 fully saturated rings. The largest absolute Gasteiger partial charge is 4.00 e. The van der Waals surface area contributed by atoms with Crippen LogP contribution in [0, 0.1) is 25.5 Å². The Hall–Kier alpha value is -3.23. The second kappa shape index (κ2) is 8.72. The first-order valence-electron chi connectivity index (χ1n) is 10.3. The van der Waals surface area contributed by atoms with Gasteiger partial charge in [0.25, 0.3) is 0 Å². The Kier molecular flexibility index (Phi) is 5.63. The maximum absolute atomic E-state index is 3.34. The Morgan fingerprint density at radius 3 is 1.34 bits per heavy atom. The minimum atomic E-state index is 0. The SMILES string of the molecule is [Pt+4].[c-]1ccccc1N1[CH-]N(CN2[CH-]N(c3[c-]cccc3)c3ccccc32)c2ccccc21. The van der Waals surface area contributed by atoms with Crippen LogP contribution in [0.1, 0.15) is 0 Å². The molecule has 158 valence electrons. The van der Waals surface area contributed by atoms with Gasteiger partial charge in [0.15, 0.2) is 0 Å². The first-order chi connectivity index (χ1) is 15.4. The summed E-state index contributed by atoms with van der Waals surface area (Å²) in [5.41, 5.74) is 6.73. The van der Waals surface area contributed by atoms with Crippen molar-refractivity contribution in [3.63, 3.8) is 0 Å². The number of fused-ring (bicyclic) bond motifs is 2. The molecule has 0 bridgehead atoms. The van der Waals surface area contributed by atoms with Crippen LogP contribution < -0.4 is 19.6 Å². The Morgan fingerprint density at radius 1 is 0.531 bits per heavy atom. The van der Waals surface area contributed by atoms with Gasteiger partial charge in [0.2, 0.25) is 0 Å². The van der Waals surface area contributed by atoms with Crippen molar-refractivity contribution in [2.75, 3.05) is 26.3 Å². The van der Waals surface area contributed by atoms with E-state index >= 15 is 0 Å². The van der Waals surface area contributed by atoms with Crippen LogP contribution in [0.15, 0.2) is 97.1 Å². The van der Waals surface area contributed by atoms with E-state index in [2.05, 4.69) is 106 Å². The summed E-state index contributed by atoms with van der Waals surface area (Å²) in [6.45, 7) is 5.01. The molecular formula is C27H20N4Pt. The van der Waals surface area contributed by atoms with E-state index in [4.69, 9.17) is 0 Å². The smallest absolute Gasteiger partial charge is 0.494 e. The van der Waals surface area contributed by atoms with Crippen molar-refractivity contribution in [1.29, 1.82) is 0 Å². The number of hydrogen-bond donors (Lipinski definition) is 0. The topological polar surface area (TPSA) is 13.0 Å². The van der Waals surface area contributed by atoms with E-state index in [-0.39, 0.29) is 21.1 Å². The van der Waals surface area contributed by atoms with Gasteiger partial charge in [-0.15, -0.1) is 11.4 Å². The third-order valence-corrected chi connectivity index (χ3v) is 5.62. The van der Waals surface area contributed by atoms with Gasteiger partial charge in [0, 0.05) is 29.4 Å². The standard InChI is InChI=1S/C27H20N4.Pt/c1-3-11-22(12-4-1)30-20-28(24-15-7-9-17-26(24)30)19-29-21-31(23-13-5-2-6-14-23)27-18-10-8-16-25(27)29;/h1-11,13,15-18,20-21H,19H2;/q-4;+4. The van der Waals surface area contributed by atoms with Crippen LogP contribution in [0.4, 0.5) is 34.1 Å². The van der Waals surface area contributed by atoms with Crippen molar-refractivity contribution in [2.45, 2.75) is 0 Å². The van der Waals surface area contributed by atoms with Crippen LogP contribution >= 0.6 is 0 Å². The Morgan fingerprint density at radius 2 is 0.938 bits per heavy atom. The average Bonchev–Trinajstić information content (AvgIpc) is 3.40.